The van der Waals surface area contributed by atoms with Crippen molar-refractivity contribution in [2.45, 2.75) is 49.5 Å². The summed E-state index contributed by atoms with van der Waals surface area (Å²) in [6.07, 6.45) is 7.89. The average molecular weight is 250 g/mol. The number of halogens is 1. The summed E-state index contributed by atoms with van der Waals surface area (Å²) in [5.74, 6) is 0. The van der Waals surface area contributed by atoms with Gasteiger partial charge in [0.1, 0.15) is 0 Å². The highest BCUT2D eigenvalue weighted by atomic mass is 35.5. The molecule has 92 valence electrons. The minimum Gasteiger partial charge on any atom is -0.314 e. The Bertz CT molecular complexity index is 402. The quantitative estimate of drug-likeness (QED) is 0.838. The number of benzene rings is 1. The second-order valence-electron chi connectivity index (χ2n) is 5.82. The van der Waals surface area contributed by atoms with Crippen molar-refractivity contribution in [3.63, 3.8) is 0 Å². The Morgan fingerprint density at radius 1 is 1.06 bits per heavy atom. The Morgan fingerprint density at radius 3 is 2.24 bits per heavy atom. The smallest absolute Gasteiger partial charge is 0.0408 e. The molecule has 1 aromatic rings. The van der Waals surface area contributed by atoms with Gasteiger partial charge >= 0.3 is 0 Å². The number of hydrogen-bond acceptors (Lipinski definition) is 1. The molecule has 0 radical (unpaired) electrons. The van der Waals surface area contributed by atoms with Crippen LogP contribution in [0.4, 0.5) is 0 Å². The largest absolute Gasteiger partial charge is 0.314 e. The van der Waals surface area contributed by atoms with Crippen LogP contribution in [0.1, 0.15) is 44.1 Å². The molecule has 0 aromatic heterocycles. The summed E-state index contributed by atoms with van der Waals surface area (Å²) in [5.41, 5.74) is 2.33. The molecular weight excluding hydrogens is 230 g/mol. The lowest BCUT2D eigenvalue weighted by Gasteiger charge is -2.54. The predicted octanol–water partition coefficient (Wildman–Crippen LogP) is 3.90. The fourth-order valence-corrected chi connectivity index (χ4v) is 4.00. The highest BCUT2D eigenvalue weighted by Crippen LogP contribution is 2.53. The SMILES string of the molecule is CNC12CCC(c3cccc(Cl)c3)(CC1)CC2. The van der Waals surface area contributed by atoms with Crippen molar-refractivity contribution < 1.29 is 0 Å². The highest BCUT2D eigenvalue weighted by molar-refractivity contribution is 6.30. The van der Waals surface area contributed by atoms with E-state index in [0.717, 1.165) is 5.02 Å². The zero-order chi connectivity index (χ0) is 11.9. The Kier molecular flexibility index (Phi) is 2.72. The molecule has 17 heavy (non-hydrogen) atoms. The fourth-order valence-electron chi connectivity index (χ4n) is 3.81. The summed E-state index contributed by atoms with van der Waals surface area (Å²) in [6.45, 7) is 0. The Balaban J connectivity index is 1.90. The van der Waals surface area contributed by atoms with Crippen LogP contribution in [0.5, 0.6) is 0 Å². The maximum Gasteiger partial charge on any atom is 0.0408 e. The number of rotatable bonds is 2. The number of nitrogens with one attached hydrogen (secondary N) is 1. The molecule has 0 spiro atoms. The van der Waals surface area contributed by atoms with Gasteiger partial charge in [0.05, 0.1) is 0 Å². The van der Waals surface area contributed by atoms with Crippen LogP contribution in [0.15, 0.2) is 24.3 Å². The van der Waals surface area contributed by atoms with Crippen molar-refractivity contribution in [3.05, 3.63) is 34.9 Å². The third-order valence-electron chi connectivity index (χ3n) is 5.21. The molecule has 1 N–H and O–H groups in total. The van der Waals surface area contributed by atoms with Crippen LogP contribution in [0.2, 0.25) is 5.02 Å². The van der Waals surface area contributed by atoms with Crippen LogP contribution < -0.4 is 5.32 Å². The van der Waals surface area contributed by atoms with Crippen molar-refractivity contribution >= 4 is 11.6 Å². The zero-order valence-corrected chi connectivity index (χ0v) is 11.2. The van der Waals surface area contributed by atoms with Gasteiger partial charge in [-0.25, -0.2) is 0 Å². The maximum absolute atomic E-state index is 6.14. The van der Waals surface area contributed by atoms with Gasteiger partial charge in [-0.15, -0.1) is 0 Å². The normalized spacial score (nSPS) is 36.1. The van der Waals surface area contributed by atoms with Crippen LogP contribution >= 0.6 is 11.6 Å². The van der Waals surface area contributed by atoms with E-state index in [-0.39, 0.29) is 0 Å². The summed E-state index contributed by atoms with van der Waals surface area (Å²) < 4.78 is 0. The summed E-state index contributed by atoms with van der Waals surface area (Å²) >= 11 is 6.14. The molecule has 2 heteroatoms. The van der Waals surface area contributed by atoms with E-state index in [2.05, 4.69) is 30.6 Å². The first-order valence-electron chi connectivity index (χ1n) is 6.63. The molecule has 3 aliphatic rings. The predicted molar refractivity (Wildman–Crippen MR) is 72.6 cm³/mol. The molecule has 3 aliphatic carbocycles. The third kappa shape index (κ3) is 1.80. The standard InChI is InChI=1S/C15H20ClN/c1-17-15-8-5-14(6-9-15,7-10-15)12-3-2-4-13(16)11-12/h2-4,11,17H,5-10H2,1H3. The van der Waals surface area contributed by atoms with Gasteiger partial charge in [0, 0.05) is 10.6 Å². The van der Waals surface area contributed by atoms with E-state index in [1.54, 1.807) is 0 Å². The van der Waals surface area contributed by atoms with Gasteiger partial charge in [-0.05, 0) is 68.7 Å². The van der Waals surface area contributed by atoms with E-state index in [1.807, 2.05) is 6.07 Å². The summed E-state index contributed by atoms with van der Waals surface area (Å²) in [5, 5.41) is 4.44. The molecule has 0 atom stereocenters. The Labute approximate surface area is 109 Å². The van der Waals surface area contributed by atoms with Crippen LogP contribution in [-0.2, 0) is 5.41 Å². The Hall–Kier alpha value is -0.530. The summed E-state index contributed by atoms with van der Waals surface area (Å²) in [4.78, 5) is 0. The van der Waals surface area contributed by atoms with Gasteiger partial charge in [0.2, 0.25) is 0 Å². The van der Waals surface area contributed by atoms with Crippen LogP contribution in [0.25, 0.3) is 0 Å². The molecule has 3 saturated carbocycles. The summed E-state index contributed by atoms with van der Waals surface area (Å²) in [6, 6.07) is 8.52. The molecular formula is C15H20ClN. The first kappa shape index (κ1) is 11.6. The molecule has 0 amide bonds. The Morgan fingerprint density at radius 2 is 1.71 bits per heavy atom. The zero-order valence-electron chi connectivity index (χ0n) is 10.4. The first-order chi connectivity index (χ1) is 8.18. The van der Waals surface area contributed by atoms with E-state index in [4.69, 9.17) is 11.6 Å². The van der Waals surface area contributed by atoms with Crippen molar-refractivity contribution in [3.8, 4) is 0 Å². The fraction of sp³-hybridized carbons (Fsp3) is 0.600. The van der Waals surface area contributed by atoms with Crippen LogP contribution in [-0.4, -0.2) is 12.6 Å². The lowest BCUT2D eigenvalue weighted by atomic mass is 9.55. The van der Waals surface area contributed by atoms with Gasteiger partial charge in [-0.3, -0.25) is 0 Å². The van der Waals surface area contributed by atoms with Crippen molar-refractivity contribution in [1.29, 1.82) is 0 Å². The van der Waals surface area contributed by atoms with Gasteiger partial charge in [-0.1, -0.05) is 23.7 Å². The van der Waals surface area contributed by atoms with E-state index in [1.165, 1.54) is 44.1 Å². The number of hydrogen-bond donors (Lipinski definition) is 1. The molecule has 0 unspecified atom stereocenters. The molecule has 2 bridgehead atoms. The third-order valence-corrected chi connectivity index (χ3v) is 5.45. The lowest BCUT2D eigenvalue weighted by molar-refractivity contribution is 0.0835. The van der Waals surface area contributed by atoms with Crippen molar-refractivity contribution in [1.82, 2.24) is 5.32 Å². The monoisotopic (exact) mass is 249 g/mol. The van der Waals surface area contributed by atoms with Crippen molar-refractivity contribution in [2.75, 3.05) is 7.05 Å². The van der Waals surface area contributed by atoms with E-state index < -0.39 is 0 Å². The molecule has 4 rings (SSSR count). The van der Waals surface area contributed by atoms with Crippen LogP contribution in [0, 0.1) is 0 Å². The minimum absolute atomic E-state index is 0.420. The molecule has 0 heterocycles. The molecule has 3 fully saturated rings. The molecule has 1 nitrogen and oxygen atoms in total. The van der Waals surface area contributed by atoms with Gasteiger partial charge < -0.3 is 5.32 Å². The molecule has 0 saturated heterocycles. The van der Waals surface area contributed by atoms with Crippen molar-refractivity contribution in [2.24, 2.45) is 0 Å². The van der Waals surface area contributed by atoms with Gasteiger partial charge in [0.25, 0.3) is 0 Å². The minimum atomic E-state index is 0.420. The average Bonchev–Trinajstić information content (AvgIpc) is 2.41. The topological polar surface area (TPSA) is 12.0 Å². The molecule has 0 aliphatic heterocycles. The number of fused-ring (bicyclic) bond motifs is 3. The first-order valence-corrected chi connectivity index (χ1v) is 7.01. The van der Waals surface area contributed by atoms with Gasteiger partial charge in [0.15, 0.2) is 0 Å². The van der Waals surface area contributed by atoms with E-state index in [0.29, 0.717) is 11.0 Å². The maximum atomic E-state index is 6.14. The highest BCUT2D eigenvalue weighted by Gasteiger charge is 2.48. The van der Waals surface area contributed by atoms with E-state index >= 15 is 0 Å². The van der Waals surface area contributed by atoms with E-state index in [9.17, 15) is 0 Å². The van der Waals surface area contributed by atoms with Crippen LogP contribution in [0.3, 0.4) is 0 Å². The van der Waals surface area contributed by atoms with Gasteiger partial charge in [-0.2, -0.15) is 0 Å². The second-order valence-corrected chi connectivity index (χ2v) is 6.26. The second kappa shape index (κ2) is 4.00. The summed E-state index contributed by atoms with van der Waals surface area (Å²) in [7, 11) is 2.12. The lowest BCUT2D eigenvalue weighted by Crippen LogP contribution is -2.54. The molecule has 1 aromatic carbocycles.